The van der Waals surface area contributed by atoms with Crippen LogP contribution in [0, 0.1) is 10.1 Å². The Kier molecular flexibility index (Phi) is 4.91. The molecule has 1 amide bonds. The highest BCUT2D eigenvalue weighted by Crippen LogP contribution is 2.31. The minimum absolute atomic E-state index is 0.0260. The maximum Gasteiger partial charge on any atom is 0.351 e. The van der Waals surface area contributed by atoms with Crippen LogP contribution in [0.2, 0.25) is 15.1 Å². The number of nitro groups is 1. The van der Waals surface area contributed by atoms with E-state index in [0.29, 0.717) is 22.2 Å². The maximum absolute atomic E-state index is 12.3. The average molecular weight is 401 g/mol. The molecule has 0 saturated carbocycles. The monoisotopic (exact) mass is 399 g/mol. The standard InChI is InChI=1S/C15H9Cl3N4O3/c16-8-5-11(17)15(12(18)6-8)21-14(23)7-13(20-21)19-9-1-3-10(4-2-9)22(24)25/h1-6H,7H2,(H,19,20)/p+1. The van der Waals surface area contributed by atoms with E-state index in [2.05, 4.69) is 10.4 Å². The number of carbonyl (C=O) groups is 1. The van der Waals surface area contributed by atoms with Gasteiger partial charge >= 0.3 is 5.91 Å². The van der Waals surface area contributed by atoms with E-state index >= 15 is 0 Å². The number of hydrogen-bond donors (Lipinski definition) is 2. The van der Waals surface area contributed by atoms with Crippen molar-refractivity contribution in [3.63, 3.8) is 0 Å². The first-order chi connectivity index (χ1) is 11.8. The van der Waals surface area contributed by atoms with Crippen molar-refractivity contribution in [1.82, 2.24) is 0 Å². The van der Waals surface area contributed by atoms with Crippen molar-refractivity contribution in [2.45, 2.75) is 6.42 Å². The van der Waals surface area contributed by atoms with E-state index in [1.54, 1.807) is 0 Å². The van der Waals surface area contributed by atoms with Crippen molar-refractivity contribution in [2.75, 3.05) is 5.32 Å². The van der Waals surface area contributed by atoms with Gasteiger partial charge in [-0.2, -0.15) is 0 Å². The van der Waals surface area contributed by atoms with Gasteiger partial charge < -0.3 is 5.32 Å². The van der Waals surface area contributed by atoms with Crippen LogP contribution < -0.4 is 10.3 Å². The summed E-state index contributed by atoms with van der Waals surface area (Å²) in [5.74, 6) is 0.159. The van der Waals surface area contributed by atoms with Gasteiger partial charge in [-0.15, -0.1) is 5.01 Å². The summed E-state index contributed by atoms with van der Waals surface area (Å²) in [7, 11) is 0. The molecule has 0 fully saturated rings. The molecule has 0 aliphatic carbocycles. The van der Waals surface area contributed by atoms with Crippen molar-refractivity contribution in [3.05, 3.63) is 61.6 Å². The zero-order valence-electron chi connectivity index (χ0n) is 12.4. The molecule has 2 aromatic rings. The van der Waals surface area contributed by atoms with Gasteiger partial charge in [-0.3, -0.25) is 10.1 Å². The van der Waals surface area contributed by atoms with Crippen molar-refractivity contribution < 1.29 is 14.7 Å². The van der Waals surface area contributed by atoms with Gasteiger partial charge in [0, 0.05) is 22.8 Å². The summed E-state index contributed by atoms with van der Waals surface area (Å²) >= 11 is 18.2. The Morgan fingerprint density at radius 1 is 1.12 bits per heavy atom. The summed E-state index contributed by atoms with van der Waals surface area (Å²) in [6.45, 7) is 0. The van der Waals surface area contributed by atoms with Gasteiger partial charge in [0.25, 0.3) is 5.69 Å². The normalized spacial score (nSPS) is 16.7. The molecule has 25 heavy (non-hydrogen) atoms. The minimum atomic E-state index is -0.489. The fourth-order valence-corrected chi connectivity index (χ4v) is 3.34. The van der Waals surface area contributed by atoms with Gasteiger partial charge in [0.05, 0.1) is 4.92 Å². The van der Waals surface area contributed by atoms with Crippen LogP contribution >= 0.6 is 34.8 Å². The zero-order chi connectivity index (χ0) is 18.1. The molecule has 1 aliphatic heterocycles. The van der Waals surface area contributed by atoms with Crippen molar-refractivity contribution in [2.24, 2.45) is 5.10 Å². The van der Waals surface area contributed by atoms with Gasteiger partial charge in [0.15, 0.2) is 5.84 Å². The largest absolute Gasteiger partial charge is 0.351 e. The second-order valence-electron chi connectivity index (χ2n) is 5.18. The summed E-state index contributed by atoms with van der Waals surface area (Å²) in [5.41, 5.74) is 0.881. The molecule has 2 N–H and O–H groups in total. The Morgan fingerprint density at radius 3 is 2.28 bits per heavy atom. The molecule has 1 heterocycles. The van der Waals surface area contributed by atoms with Gasteiger partial charge in [-0.1, -0.05) is 39.9 Å². The van der Waals surface area contributed by atoms with E-state index < -0.39 is 4.92 Å². The molecule has 128 valence electrons. The van der Waals surface area contributed by atoms with Crippen LogP contribution in [0.4, 0.5) is 17.1 Å². The number of amidine groups is 1. The summed E-state index contributed by atoms with van der Waals surface area (Å²) in [5, 5.41) is 18.9. The molecule has 0 spiro atoms. The molecule has 7 nitrogen and oxygen atoms in total. The lowest BCUT2D eigenvalue weighted by molar-refractivity contribution is -0.751. The van der Waals surface area contributed by atoms with Crippen molar-refractivity contribution >= 4 is 63.6 Å². The van der Waals surface area contributed by atoms with E-state index in [1.165, 1.54) is 36.4 Å². The number of nitrogens with one attached hydrogen (secondary N) is 2. The minimum Gasteiger partial charge on any atom is -0.339 e. The molecule has 1 atom stereocenters. The van der Waals surface area contributed by atoms with E-state index in [9.17, 15) is 14.9 Å². The highest BCUT2D eigenvalue weighted by molar-refractivity contribution is 6.41. The smallest absolute Gasteiger partial charge is 0.339 e. The first-order valence-electron chi connectivity index (χ1n) is 6.99. The molecular formula is C15H10Cl3N4O3+. The number of nitro benzene ring substituents is 1. The lowest BCUT2D eigenvalue weighted by Crippen LogP contribution is -3.04. The SMILES string of the molecule is O=C1CC(Nc2ccc([N+](=O)[O-])cc2)=N[NH+]1c1c(Cl)cc(Cl)cc1Cl. The molecule has 0 saturated heterocycles. The predicted octanol–water partition coefficient (Wildman–Crippen LogP) is 3.43. The number of amides is 1. The summed E-state index contributed by atoms with van der Waals surface area (Å²) in [4.78, 5) is 22.5. The first-order valence-corrected chi connectivity index (χ1v) is 8.12. The molecule has 3 rings (SSSR count). The Bertz CT molecular complexity index is 876. The molecule has 0 radical (unpaired) electrons. The number of benzene rings is 2. The predicted molar refractivity (Wildman–Crippen MR) is 95.9 cm³/mol. The molecule has 0 aromatic heterocycles. The van der Waals surface area contributed by atoms with Crippen LogP contribution in [0.25, 0.3) is 0 Å². The molecule has 0 bridgehead atoms. The fourth-order valence-electron chi connectivity index (χ4n) is 2.34. The van der Waals surface area contributed by atoms with E-state index in [4.69, 9.17) is 34.8 Å². The number of quaternary nitrogens is 1. The van der Waals surface area contributed by atoms with Crippen LogP contribution in [-0.4, -0.2) is 16.7 Å². The number of halogens is 3. The van der Waals surface area contributed by atoms with Crippen molar-refractivity contribution in [1.29, 1.82) is 0 Å². The molecule has 1 aliphatic rings. The highest BCUT2D eigenvalue weighted by atomic mass is 35.5. The number of anilines is 1. The van der Waals surface area contributed by atoms with Crippen LogP contribution in [0.1, 0.15) is 6.42 Å². The topological polar surface area (TPSA) is 89.0 Å². The number of carbonyl (C=O) groups excluding carboxylic acids is 1. The Labute approximate surface area is 156 Å². The lowest BCUT2D eigenvalue weighted by Gasteiger charge is -2.08. The molecule has 10 heteroatoms. The molecule has 2 aromatic carbocycles. The molecule has 1 unspecified atom stereocenters. The quantitative estimate of drug-likeness (QED) is 0.610. The highest BCUT2D eigenvalue weighted by Gasteiger charge is 2.35. The third kappa shape index (κ3) is 3.74. The number of nitrogens with zero attached hydrogens (tertiary/aromatic N) is 2. The summed E-state index contributed by atoms with van der Waals surface area (Å²) < 4.78 is 0. The fraction of sp³-hybridized carbons (Fsp3) is 0.0667. The second-order valence-corrected chi connectivity index (χ2v) is 6.43. The van der Waals surface area contributed by atoms with Crippen LogP contribution in [0.3, 0.4) is 0 Å². The van der Waals surface area contributed by atoms with Gasteiger partial charge in [-0.05, 0) is 24.3 Å². The summed E-state index contributed by atoms with van der Waals surface area (Å²) in [6.07, 6.45) is 0.0433. The number of non-ortho nitro benzene ring substituents is 1. The summed E-state index contributed by atoms with van der Waals surface area (Å²) in [6, 6.07) is 8.76. The van der Waals surface area contributed by atoms with Gasteiger partial charge in [0.2, 0.25) is 5.69 Å². The zero-order valence-corrected chi connectivity index (χ0v) is 14.7. The van der Waals surface area contributed by atoms with Crippen molar-refractivity contribution in [3.8, 4) is 0 Å². The number of rotatable bonds is 3. The van der Waals surface area contributed by atoms with Crippen LogP contribution in [-0.2, 0) is 4.79 Å². The Morgan fingerprint density at radius 2 is 1.72 bits per heavy atom. The third-order valence-electron chi connectivity index (χ3n) is 3.45. The van der Waals surface area contributed by atoms with E-state index in [0.717, 1.165) is 0 Å². The van der Waals surface area contributed by atoms with Crippen LogP contribution in [0.5, 0.6) is 0 Å². The Hall–Kier alpha value is -2.19. The van der Waals surface area contributed by atoms with Gasteiger partial charge in [0.1, 0.15) is 16.5 Å². The first kappa shape index (κ1) is 17.6. The van der Waals surface area contributed by atoms with Gasteiger partial charge in [-0.25, -0.2) is 4.79 Å². The lowest BCUT2D eigenvalue weighted by atomic mass is 10.2. The number of hydrogen-bond acceptors (Lipinski definition) is 5. The average Bonchev–Trinajstić information content (AvgIpc) is 2.87. The third-order valence-corrected chi connectivity index (χ3v) is 4.26. The van der Waals surface area contributed by atoms with E-state index in [1.807, 2.05) is 0 Å². The molecular weight excluding hydrogens is 391 g/mol. The van der Waals surface area contributed by atoms with E-state index in [-0.39, 0.29) is 33.1 Å². The maximum atomic E-state index is 12.3. The Balaban J connectivity index is 1.84. The second kappa shape index (κ2) is 6.97. The van der Waals surface area contributed by atoms with Crippen LogP contribution in [0.15, 0.2) is 41.5 Å².